The summed E-state index contributed by atoms with van der Waals surface area (Å²) in [6.45, 7) is 7.00. The molecule has 0 radical (unpaired) electrons. The monoisotopic (exact) mass is 380 g/mol. The fraction of sp³-hybridized carbons (Fsp3) is 0.889. The van der Waals surface area contributed by atoms with Crippen LogP contribution in [0.25, 0.3) is 0 Å². The first-order valence-electron chi connectivity index (χ1n) is 9.08. The van der Waals surface area contributed by atoms with Gasteiger partial charge in [0.2, 0.25) is 0 Å². The van der Waals surface area contributed by atoms with Gasteiger partial charge in [-0.15, -0.1) is 0 Å². The Morgan fingerprint density at radius 3 is 2.44 bits per heavy atom. The molecule has 7 heteroatoms. The molecule has 0 amide bonds. The van der Waals surface area contributed by atoms with E-state index in [0.29, 0.717) is 18.3 Å². The number of halogens is 3. The molecule has 0 spiro atoms. The molecular weight excluding hydrogens is 353 g/mol. The predicted octanol–water partition coefficient (Wildman–Crippen LogP) is 5.39. The highest BCUT2D eigenvalue weighted by Crippen LogP contribution is 2.63. The normalized spacial score (nSPS) is 38.3. The number of alkyl halides is 3. The number of fused-ring (bicyclic) bond motifs is 3. The van der Waals surface area contributed by atoms with E-state index in [0.717, 1.165) is 19.3 Å². The highest BCUT2D eigenvalue weighted by atomic mass is 32.2. The van der Waals surface area contributed by atoms with Gasteiger partial charge >= 0.3 is 15.6 Å². The third kappa shape index (κ3) is 3.21. The number of rotatable bonds is 2. The summed E-state index contributed by atoms with van der Waals surface area (Å²) in [5.74, 6) is 1.09. The van der Waals surface area contributed by atoms with Gasteiger partial charge in [0.1, 0.15) is 5.76 Å². The van der Waals surface area contributed by atoms with E-state index in [1.165, 1.54) is 12.8 Å². The lowest BCUT2D eigenvalue weighted by molar-refractivity contribution is -0.0942. The molecule has 0 bridgehead atoms. The molecule has 144 valence electrons. The van der Waals surface area contributed by atoms with E-state index >= 15 is 0 Å². The van der Waals surface area contributed by atoms with E-state index in [1.807, 2.05) is 0 Å². The third-order valence-corrected chi connectivity index (χ3v) is 8.03. The summed E-state index contributed by atoms with van der Waals surface area (Å²) in [4.78, 5) is 0. The summed E-state index contributed by atoms with van der Waals surface area (Å²) in [5.41, 5.74) is -4.91. The van der Waals surface area contributed by atoms with Crippen LogP contribution in [0.5, 0.6) is 0 Å². The van der Waals surface area contributed by atoms with Crippen molar-refractivity contribution in [1.82, 2.24) is 0 Å². The maximum atomic E-state index is 12.5. The van der Waals surface area contributed by atoms with E-state index in [1.54, 1.807) is 6.08 Å². The molecule has 0 aromatic rings. The summed E-state index contributed by atoms with van der Waals surface area (Å²) in [6.07, 6.45) is 8.12. The van der Waals surface area contributed by atoms with Crippen LogP contribution in [0.1, 0.15) is 65.7 Å². The fourth-order valence-corrected chi connectivity index (χ4v) is 6.52. The molecule has 25 heavy (non-hydrogen) atoms. The third-order valence-electron chi connectivity index (χ3n) is 7.03. The van der Waals surface area contributed by atoms with Crippen LogP contribution in [0.4, 0.5) is 13.2 Å². The lowest BCUT2D eigenvalue weighted by Crippen LogP contribution is -2.52. The first kappa shape index (κ1) is 19.1. The van der Waals surface area contributed by atoms with Crippen LogP contribution in [0.3, 0.4) is 0 Å². The lowest BCUT2D eigenvalue weighted by atomic mass is 9.45. The quantitative estimate of drug-likeness (QED) is 0.476. The van der Waals surface area contributed by atoms with Gasteiger partial charge in [0.15, 0.2) is 0 Å². The Labute approximate surface area is 148 Å². The van der Waals surface area contributed by atoms with E-state index in [9.17, 15) is 21.6 Å². The molecule has 0 aliphatic heterocycles. The van der Waals surface area contributed by atoms with Gasteiger partial charge in [0.25, 0.3) is 0 Å². The van der Waals surface area contributed by atoms with Crippen LogP contribution in [0.15, 0.2) is 11.8 Å². The van der Waals surface area contributed by atoms with Crippen molar-refractivity contribution in [3.8, 4) is 0 Å². The molecule has 2 saturated carbocycles. The van der Waals surface area contributed by atoms with Crippen molar-refractivity contribution in [3.63, 3.8) is 0 Å². The Morgan fingerprint density at radius 1 is 1.12 bits per heavy atom. The topological polar surface area (TPSA) is 43.4 Å². The Hall–Kier alpha value is -0.720. The summed E-state index contributed by atoms with van der Waals surface area (Å²) in [6, 6.07) is 0. The van der Waals surface area contributed by atoms with Crippen molar-refractivity contribution >= 4 is 10.1 Å². The van der Waals surface area contributed by atoms with Gasteiger partial charge in [0.05, 0.1) is 0 Å². The van der Waals surface area contributed by atoms with Gasteiger partial charge < -0.3 is 4.18 Å². The molecule has 0 aromatic heterocycles. The molecule has 3 rings (SSSR count). The van der Waals surface area contributed by atoms with Crippen molar-refractivity contribution in [2.45, 2.75) is 71.2 Å². The van der Waals surface area contributed by atoms with Crippen molar-refractivity contribution in [1.29, 1.82) is 0 Å². The van der Waals surface area contributed by atoms with Crippen LogP contribution in [0, 0.1) is 28.6 Å². The molecule has 3 nitrogen and oxygen atoms in total. The summed E-state index contributed by atoms with van der Waals surface area (Å²) in [7, 11) is -5.56. The van der Waals surface area contributed by atoms with E-state index < -0.39 is 15.6 Å². The van der Waals surface area contributed by atoms with Crippen molar-refractivity contribution in [2.75, 3.05) is 0 Å². The minimum atomic E-state index is -5.56. The van der Waals surface area contributed by atoms with Crippen LogP contribution < -0.4 is 0 Å². The SMILES string of the molecule is CC1(C)CCC[C@@]2(C)[C@@H]3CCC(OS(=O)(=O)C(F)(F)F)=C[C@H]3CC[C@H]12. The molecule has 4 atom stereocenters. The number of allylic oxidation sites excluding steroid dienone is 2. The van der Waals surface area contributed by atoms with Gasteiger partial charge in [-0.3, -0.25) is 0 Å². The highest BCUT2D eigenvalue weighted by Gasteiger charge is 2.55. The van der Waals surface area contributed by atoms with Crippen molar-refractivity contribution in [2.24, 2.45) is 28.6 Å². The second-order valence-corrected chi connectivity index (χ2v) is 10.4. The van der Waals surface area contributed by atoms with Crippen LogP contribution in [-0.2, 0) is 14.3 Å². The first-order chi connectivity index (χ1) is 11.4. The van der Waals surface area contributed by atoms with Gasteiger partial charge in [0, 0.05) is 6.42 Å². The minimum absolute atomic E-state index is 0.0318. The Morgan fingerprint density at radius 2 is 1.80 bits per heavy atom. The maximum absolute atomic E-state index is 12.5. The minimum Gasteiger partial charge on any atom is -0.381 e. The van der Waals surface area contributed by atoms with Crippen molar-refractivity contribution < 1.29 is 25.8 Å². The van der Waals surface area contributed by atoms with Gasteiger partial charge in [-0.2, -0.15) is 21.6 Å². The van der Waals surface area contributed by atoms with Crippen LogP contribution >= 0.6 is 0 Å². The predicted molar refractivity (Wildman–Crippen MR) is 88.8 cm³/mol. The fourth-order valence-electron chi connectivity index (χ4n) is 6.00. The van der Waals surface area contributed by atoms with E-state index in [-0.39, 0.29) is 28.9 Å². The van der Waals surface area contributed by atoms with Crippen LogP contribution in [0.2, 0.25) is 0 Å². The molecule has 0 saturated heterocycles. The average molecular weight is 380 g/mol. The second-order valence-electron chi connectivity index (χ2n) is 8.90. The summed E-state index contributed by atoms with van der Waals surface area (Å²) < 4.78 is 64.6. The standard InChI is InChI=1S/C18H27F3O3S/c1-16(2)9-4-10-17(3)14-7-6-13(11-12(14)5-8-15(16)17)24-25(22,23)18(19,20)21/h11-12,14-15H,4-10H2,1-3H3/t12-,14-,15-,17+/m1/s1. The van der Waals surface area contributed by atoms with Crippen molar-refractivity contribution in [3.05, 3.63) is 11.8 Å². The Kier molecular flexibility index (Phi) is 4.49. The van der Waals surface area contributed by atoms with Gasteiger partial charge in [-0.05, 0) is 66.8 Å². The average Bonchev–Trinajstić information content (AvgIpc) is 2.44. The maximum Gasteiger partial charge on any atom is 0.534 e. The molecule has 0 heterocycles. The Balaban J connectivity index is 1.82. The van der Waals surface area contributed by atoms with E-state index in [4.69, 9.17) is 0 Å². The summed E-state index contributed by atoms with van der Waals surface area (Å²) in [5, 5.41) is 0. The zero-order valence-corrected chi connectivity index (χ0v) is 15.8. The molecule has 3 aliphatic rings. The van der Waals surface area contributed by atoms with E-state index in [2.05, 4.69) is 25.0 Å². The molecular formula is C18H27F3O3S. The first-order valence-corrected chi connectivity index (χ1v) is 10.5. The zero-order valence-electron chi connectivity index (χ0n) is 15.0. The molecule has 0 aromatic carbocycles. The largest absolute Gasteiger partial charge is 0.534 e. The number of hydrogen-bond donors (Lipinski definition) is 0. The molecule has 3 aliphatic carbocycles. The molecule has 0 N–H and O–H groups in total. The van der Waals surface area contributed by atoms with Crippen LogP contribution in [-0.4, -0.2) is 13.9 Å². The Bertz CT molecular complexity index is 666. The van der Waals surface area contributed by atoms with Gasteiger partial charge in [-0.25, -0.2) is 0 Å². The summed E-state index contributed by atoms with van der Waals surface area (Å²) >= 11 is 0. The molecule has 2 fully saturated rings. The van der Waals surface area contributed by atoms with Gasteiger partial charge in [-0.1, -0.05) is 27.2 Å². The number of hydrogen-bond acceptors (Lipinski definition) is 3. The lowest BCUT2D eigenvalue weighted by Gasteiger charge is -2.60. The second kappa shape index (κ2) is 5.89. The molecule has 0 unspecified atom stereocenters. The highest BCUT2D eigenvalue weighted by molar-refractivity contribution is 7.87. The zero-order chi connectivity index (χ0) is 18.7. The smallest absolute Gasteiger partial charge is 0.381 e.